The number of nitrogens with zero attached hydrogens (tertiary/aromatic N) is 2. The Morgan fingerprint density at radius 1 is 1.13 bits per heavy atom. The van der Waals surface area contributed by atoms with Crippen LogP contribution in [0, 0.1) is 11.8 Å². The Hall–Kier alpha value is -2.01. The monoisotopic (exact) mass is 411 g/mol. The van der Waals surface area contributed by atoms with Gasteiger partial charge >= 0.3 is 0 Å². The number of likely N-dealkylation sites (tertiary alicyclic amines) is 1. The highest BCUT2D eigenvalue weighted by Gasteiger charge is 2.26. The quantitative estimate of drug-likeness (QED) is 0.725. The van der Waals surface area contributed by atoms with Crippen molar-refractivity contribution in [2.24, 2.45) is 11.8 Å². The van der Waals surface area contributed by atoms with Gasteiger partial charge in [0, 0.05) is 42.7 Å². The number of carbonyl (C=O) groups is 1. The number of fused-ring (bicyclic) bond motifs is 1. The summed E-state index contributed by atoms with van der Waals surface area (Å²) in [5.74, 6) is 2.08. The second-order valence-electron chi connectivity index (χ2n) is 9.12. The lowest BCUT2D eigenvalue weighted by atomic mass is 9.89. The Labute approximate surface area is 180 Å². The number of piperidine rings is 1. The summed E-state index contributed by atoms with van der Waals surface area (Å²) in [5, 5.41) is 4.54. The second-order valence-corrected chi connectivity index (χ2v) is 9.12. The van der Waals surface area contributed by atoms with Crippen LogP contribution in [0.15, 0.2) is 24.4 Å². The maximum atomic E-state index is 12.6. The van der Waals surface area contributed by atoms with E-state index in [2.05, 4.69) is 40.0 Å². The van der Waals surface area contributed by atoms with Gasteiger partial charge in [-0.05, 0) is 75.4 Å². The average Bonchev–Trinajstić information content (AvgIpc) is 3.15. The molecule has 5 heteroatoms. The van der Waals surface area contributed by atoms with E-state index >= 15 is 0 Å². The minimum atomic E-state index is 0.182. The normalized spacial score (nSPS) is 19.3. The molecule has 1 aromatic heterocycles. The van der Waals surface area contributed by atoms with Crippen LogP contribution in [0.25, 0.3) is 10.9 Å². The first-order valence-corrected chi connectivity index (χ1v) is 11.8. The molecule has 1 N–H and O–H groups in total. The zero-order valence-corrected chi connectivity index (χ0v) is 18.7. The van der Waals surface area contributed by atoms with Crippen LogP contribution in [-0.2, 0) is 17.9 Å². The van der Waals surface area contributed by atoms with Crippen molar-refractivity contribution in [3.63, 3.8) is 0 Å². The Balaban J connectivity index is 1.32. The summed E-state index contributed by atoms with van der Waals surface area (Å²) in [6.07, 6.45) is 10.8. The third-order valence-corrected chi connectivity index (χ3v) is 7.15. The molecule has 1 saturated carbocycles. The number of aromatic nitrogens is 1. The van der Waals surface area contributed by atoms with Gasteiger partial charge in [0.25, 0.3) is 0 Å². The molecule has 164 valence electrons. The van der Waals surface area contributed by atoms with Crippen LogP contribution < -0.4 is 10.1 Å². The molecule has 1 aliphatic carbocycles. The van der Waals surface area contributed by atoms with Crippen molar-refractivity contribution in [3.8, 4) is 5.75 Å². The van der Waals surface area contributed by atoms with Crippen LogP contribution in [0.3, 0.4) is 0 Å². The van der Waals surface area contributed by atoms with Gasteiger partial charge in [-0.15, -0.1) is 0 Å². The predicted molar refractivity (Wildman–Crippen MR) is 122 cm³/mol. The molecule has 1 saturated heterocycles. The summed E-state index contributed by atoms with van der Waals surface area (Å²) >= 11 is 0. The summed E-state index contributed by atoms with van der Waals surface area (Å²) < 4.78 is 7.77. The minimum Gasteiger partial charge on any atom is -0.497 e. The third-order valence-electron chi connectivity index (χ3n) is 7.15. The van der Waals surface area contributed by atoms with E-state index in [9.17, 15) is 4.79 Å². The van der Waals surface area contributed by atoms with Crippen molar-refractivity contribution in [2.75, 3.05) is 26.7 Å². The molecule has 2 fully saturated rings. The fraction of sp³-hybridized carbons (Fsp3) is 0.640. The lowest BCUT2D eigenvalue weighted by Gasteiger charge is -2.31. The molecule has 0 bridgehead atoms. The van der Waals surface area contributed by atoms with Crippen molar-refractivity contribution in [2.45, 2.75) is 65.0 Å². The SMILES string of the molecule is CCn1cc(CN2CCC(C(=O)NCC3CCCCC3)CC2)c2cc(OC)ccc21. The number of nitrogens with one attached hydrogen (secondary N) is 1. The van der Waals surface area contributed by atoms with Gasteiger partial charge < -0.3 is 14.6 Å². The lowest BCUT2D eigenvalue weighted by Crippen LogP contribution is -2.41. The van der Waals surface area contributed by atoms with E-state index in [1.165, 1.54) is 48.6 Å². The maximum absolute atomic E-state index is 12.6. The Morgan fingerprint density at radius 2 is 1.90 bits per heavy atom. The van der Waals surface area contributed by atoms with Crippen LogP contribution in [0.5, 0.6) is 5.75 Å². The maximum Gasteiger partial charge on any atom is 0.223 e. The summed E-state index contributed by atoms with van der Waals surface area (Å²) in [4.78, 5) is 15.1. The number of rotatable bonds is 7. The van der Waals surface area contributed by atoms with Crippen molar-refractivity contribution >= 4 is 16.8 Å². The number of methoxy groups -OCH3 is 1. The number of hydrogen-bond acceptors (Lipinski definition) is 3. The zero-order chi connectivity index (χ0) is 20.9. The van der Waals surface area contributed by atoms with Crippen LogP contribution in [0.2, 0.25) is 0 Å². The average molecular weight is 412 g/mol. The van der Waals surface area contributed by atoms with E-state index in [1.54, 1.807) is 7.11 Å². The second kappa shape index (κ2) is 9.86. The number of benzene rings is 1. The molecule has 1 aromatic carbocycles. The molecular formula is C25H37N3O2. The Kier molecular flexibility index (Phi) is 6.98. The van der Waals surface area contributed by atoms with E-state index in [-0.39, 0.29) is 11.8 Å². The molecule has 4 rings (SSSR count). The van der Waals surface area contributed by atoms with Crippen LogP contribution >= 0.6 is 0 Å². The standard InChI is InChI=1S/C25H37N3O2/c1-3-28-18-21(23-15-22(30-2)9-10-24(23)28)17-27-13-11-20(12-14-27)25(29)26-16-19-7-5-4-6-8-19/h9-10,15,18-20H,3-8,11-14,16-17H2,1-2H3,(H,26,29). The van der Waals surface area contributed by atoms with Crippen LogP contribution in [-0.4, -0.2) is 42.1 Å². The number of ether oxygens (including phenoxy) is 1. The molecule has 2 aromatic rings. The molecule has 2 heterocycles. The van der Waals surface area contributed by atoms with Gasteiger partial charge in [-0.1, -0.05) is 19.3 Å². The molecule has 0 atom stereocenters. The molecule has 0 spiro atoms. The van der Waals surface area contributed by atoms with Gasteiger partial charge in [-0.25, -0.2) is 0 Å². The van der Waals surface area contributed by atoms with Gasteiger partial charge in [0.15, 0.2) is 0 Å². The van der Waals surface area contributed by atoms with E-state index in [4.69, 9.17) is 4.74 Å². The van der Waals surface area contributed by atoms with Crippen molar-refractivity contribution in [1.29, 1.82) is 0 Å². The molecule has 0 radical (unpaired) electrons. The summed E-state index contributed by atoms with van der Waals surface area (Å²) in [6.45, 7) is 6.95. The third kappa shape index (κ3) is 4.83. The summed E-state index contributed by atoms with van der Waals surface area (Å²) in [6, 6.07) is 6.35. The molecule has 1 aliphatic heterocycles. The molecule has 2 aliphatic rings. The van der Waals surface area contributed by atoms with Gasteiger partial charge in [-0.3, -0.25) is 9.69 Å². The molecule has 0 unspecified atom stereocenters. The molecular weight excluding hydrogens is 374 g/mol. The number of hydrogen-bond donors (Lipinski definition) is 1. The van der Waals surface area contributed by atoms with Gasteiger partial charge in [0.2, 0.25) is 5.91 Å². The fourth-order valence-corrected chi connectivity index (χ4v) is 5.24. The van der Waals surface area contributed by atoms with E-state index < -0.39 is 0 Å². The highest BCUT2D eigenvalue weighted by atomic mass is 16.5. The highest BCUT2D eigenvalue weighted by molar-refractivity contribution is 5.85. The number of aryl methyl sites for hydroxylation is 1. The number of amides is 1. The number of carbonyl (C=O) groups excluding carboxylic acids is 1. The first kappa shape index (κ1) is 21.2. The largest absolute Gasteiger partial charge is 0.497 e. The highest BCUT2D eigenvalue weighted by Crippen LogP contribution is 2.29. The smallest absolute Gasteiger partial charge is 0.223 e. The first-order chi connectivity index (χ1) is 14.7. The molecule has 5 nitrogen and oxygen atoms in total. The van der Waals surface area contributed by atoms with Crippen LogP contribution in [0.4, 0.5) is 0 Å². The topological polar surface area (TPSA) is 46.5 Å². The van der Waals surface area contributed by atoms with Crippen molar-refractivity contribution in [1.82, 2.24) is 14.8 Å². The predicted octanol–water partition coefficient (Wildman–Crippen LogP) is 4.58. The van der Waals surface area contributed by atoms with Gasteiger partial charge in [0.1, 0.15) is 5.75 Å². The van der Waals surface area contributed by atoms with E-state index in [0.717, 1.165) is 51.3 Å². The van der Waals surface area contributed by atoms with Gasteiger partial charge in [-0.2, -0.15) is 0 Å². The lowest BCUT2D eigenvalue weighted by molar-refractivity contribution is -0.126. The molecule has 30 heavy (non-hydrogen) atoms. The van der Waals surface area contributed by atoms with Gasteiger partial charge in [0.05, 0.1) is 7.11 Å². The summed E-state index contributed by atoms with van der Waals surface area (Å²) in [7, 11) is 1.72. The van der Waals surface area contributed by atoms with Crippen molar-refractivity contribution in [3.05, 3.63) is 30.0 Å². The zero-order valence-electron chi connectivity index (χ0n) is 18.7. The molecule has 1 amide bonds. The van der Waals surface area contributed by atoms with E-state index in [1.807, 2.05) is 6.07 Å². The van der Waals surface area contributed by atoms with E-state index in [0.29, 0.717) is 5.92 Å². The summed E-state index contributed by atoms with van der Waals surface area (Å²) in [5.41, 5.74) is 2.62. The Bertz CT molecular complexity index is 845. The van der Waals surface area contributed by atoms with Crippen LogP contribution in [0.1, 0.15) is 57.4 Å². The Morgan fingerprint density at radius 3 is 2.60 bits per heavy atom. The fourth-order valence-electron chi connectivity index (χ4n) is 5.24. The first-order valence-electron chi connectivity index (χ1n) is 11.8. The van der Waals surface area contributed by atoms with Crippen molar-refractivity contribution < 1.29 is 9.53 Å². The minimum absolute atomic E-state index is 0.182.